The molecule has 1 aliphatic carbocycles. The van der Waals surface area contributed by atoms with Gasteiger partial charge in [-0.1, -0.05) is 0 Å². The van der Waals surface area contributed by atoms with Gasteiger partial charge in [-0.3, -0.25) is 0 Å². The Morgan fingerprint density at radius 3 is 2.59 bits per heavy atom. The van der Waals surface area contributed by atoms with Crippen LogP contribution in [0.5, 0.6) is 0 Å². The Hall–Kier alpha value is -0.640. The highest BCUT2D eigenvalue weighted by atomic mass is 32.1. The molecule has 0 aliphatic heterocycles. The van der Waals surface area contributed by atoms with E-state index in [9.17, 15) is 0 Å². The minimum absolute atomic E-state index is 1.16. The van der Waals surface area contributed by atoms with Gasteiger partial charge in [0.15, 0.2) is 0 Å². The zero-order chi connectivity index (χ0) is 11.7. The summed E-state index contributed by atoms with van der Waals surface area (Å²) in [5, 5.41) is 0. The molecule has 0 bridgehead atoms. The first-order chi connectivity index (χ1) is 8.15. The van der Waals surface area contributed by atoms with Gasteiger partial charge in [-0.2, -0.15) is 0 Å². The van der Waals surface area contributed by atoms with E-state index in [-0.39, 0.29) is 0 Å². The molecule has 3 heterocycles. The van der Waals surface area contributed by atoms with Gasteiger partial charge >= 0.3 is 0 Å². The summed E-state index contributed by atoms with van der Waals surface area (Å²) in [6.07, 6.45) is 1.16. The first-order valence-corrected chi connectivity index (χ1v) is 8.21. The van der Waals surface area contributed by atoms with Gasteiger partial charge in [0.2, 0.25) is 0 Å². The van der Waals surface area contributed by atoms with E-state index in [1.54, 1.807) is 25.6 Å². The zero-order valence-corrected chi connectivity index (χ0v) is 12.5. The summed E-state index contributed by atoms with van der Waals surface area (Å²) in [5.74, 6) is 0. The molecule has 0 unspecified atom stereocenters. The van der Waals surface area contributed by atoms with Crippen LogP contribution in [0.15, 0.2) is 6.07 Å². The molecule has 86 valence electrons. The Balaban J connectivity index is 2.08. The van der Waals surface area contributed by atoms with Crippen LogP contribution in [0.4, 0.5) is 0 Å². The number of rotatable bonds is 0. The van der Waals surface area contributed by atoms with Gasteiger partial charge in [-0.25, -0.2) is 0 Å². The molecule has 0 saturated carbocycles. The average Bonchev–Trinajstić information content (AvgIpc) is 2.92. The minimum atomic E-state index is 1.16. The predicted octanol–water partition coefficient (Wildman–Crippen LogP) is 5.52. The Labute approximate surface area is 113 Å². The maximum Gasteiger partial charge on any atom is 0.0502 e. The van der Waals surface area contributed by atoms with E-state index in [2.05, 4.69) is 26.8 Å². The van der Waals surface area contributed by atoms with Crippen molar-refractivity contribution in [1.82, 2.24) is 0 Å². The SMILES string of the molecule is Cc1cc2c(s1)-c1sc3c(C)c(C)sc3c1C2. The van der Waals surface area contributed by atoms with E-state index < -0.39 is 0 Å². The fraction of sp³-hybridized carbons (Fsp3) is 0.286. The van der Waals surface area contributed by atoms with E-state index in [1.165, 1.54) is 20.0 Å². The standard InChI is InChI=1S/C14H12S3/c1-6-4-9-5-10-13-11(7(2)8(3)16-13)17-14(10)12(9)15-6/h4H,5H2,1-3H3. The highest BCUT2D eigenvalue weighted by molar-refractivity contribution is 7.32. The highest BCUT2D eigenvalue weighted by Gasteiger charge is 2.27. The molecular formula is C14H12S3. The van der Waals surface area contributed by atoms with Gasteiger partial charge < -0.3 is 0 Å². The molecule has 3 heteroatoms. The van der Waals surface area contributed by atoms with Gasteiger partial charge in [0.05, 0.1) is 4.88 Å². The van der Waals surface area contributed by atoms with Crippen LogP contribution in [-0.4, -0.2) is 0 Å². The first-order valence-electron chi connectivity index (χ1n) is 5.76. The number of fused-ring (bicyclic) bond motifs is 5. The molecule has 0 amide bonds. The van der Waals surface area contributed by atoms with Crippen molar-refractivity contribution in [2.75, 3.05) is 0 Å². The number of aryl methyl sites for hydroxylation is 3. The normalized spacial score (nSPS) is 13.4. The molecule has 0 saturated heterocycles. The monoisotopic (exact) mass is 276 g/mol. The fourth-order valence-corrected chi connectivity index (χ4v) is 6.60. The van der Waals surface area contributed by atoms with Crippen molar-refractivity contribution in [2.24, 2.45) is 0 Å². The average molecular weight is 276 g/mol. The van der Waals surface area contributed by atoms with Crippen LogP contribution >= 0.6 is 34.0 Å². The highest BCUT2D eigenvalue weighted by Crippen LogP contribution is 2.52. The van der Waals surface area contributed by atoms with Crippen LogP contribution < -0.4 is 0 Å². The fourth-order valence-electron chi connectivity index (χ4n) is 2.62. The molecule has 0 atom stereocenters. The summed E-state index contributed by atoms with van der Waals surface area (Å²) < 4.78 is 3.09. The summed E-state index contributed by atoms with van der Waals surface area (Å²) in [7, 11) is 0. The lowest BCUT2D eigenvalue weighted by atomic mass is 10.2. The van der Waals surface area contributed by atoms with Gasteiger partial charge in [0.25, 0.3) is 0 Å². The molecule has 0 nitrogen and oxygen atoms in total. The van der Waals surface area contributed by atoms with Crippen molar-refractivity contribution in [3.05, 3.63) is 32.5 Å². The lowest BCUT2D eigenvalue weighted by Crippen LogP contribution is -1.75. The third-order valence-electron chi connectivity index (χ3n) is 3.59. The van der Waals surface area contributed by atoms with Crippen molar-refractivity contribution in [1.29, 1.82) is 0 Å². The van der Waals surface area contributed by atoms with Crippen molar-refractivity contribution in [2.45, 2.75) is 27.2 Å². The lowest BCUT2D eigenvalue weighted by molar-refractivity contribution is 1.30. The van der Waals surface area contributed by atoms with E-state index >= 15 is 0 Å². The largest absolute Gasteiger partial charge is 0.139 e. The van der Waals surface area contributed by atoms with Crippen molar-refractivity contribution in [3.63, 3.8) is 0 Å². The molecule has 0 aromatic carbocycles. The molecule has 0 fully saturated rings. The molecule has 0 N–H and O–H groups in total. The quantitative estimate of drug-likeness (QED) is 0.396. The molecule has 1 aliphatic rings. The summed E-state index contributed by atoms with van der Waals surface area (Å²) in [5.41, 5.74) is 4.66. The van der Waals surface area contributed by atoms with E-state index in [0.717, 1.165) is 6.42 Å². The van der Waals surface area contributed by atoms with Gasteiger partial charge in [0.1, 0.15) is 0 Å². The predicted molar refractivity (Wildman–Crippen MR) is 80.0 cm³/mol. The molecule has 4 rings (SSSR count). The molecule has 3 aromatic rings. The van der Waals surface area contributed by atoms with Crippen molar-refractivity contribution >= 4 is 43.4 Å². The third kappa shape index (κ3) is 1.22. The summed E-state index contributed by atoms with van der Waals surface area (Å²) >= 11 is 5.96. The lowest BCUT2D eigenvalue weighted by Gasteiger charge is -1.90. The number of hydrogen-bond acceptors (Lipinski definition) is 3. The summed E-state index contributed by atoms with van der Waals surface area (Å²) in [4.78, 5) is 6.04. The van der Waals surface area contributed by atoms with Gasteiger partial charge in [0, 0.05) is 30.5 Å². The maximum atomic E-state index is 2.37. The second-order valence-corrected chi connectivity index (χ2v) is 8.24. The van der Waals surface area contributed by atoms with Gasteiger partial charge in [-0.15, -0.1) is 34.0 Å². The van der Waals surface area contributed by atoms with Gasteiger partial charge in [-0.05, 0) is 43.5 Å². The van der Waals surface area contributed by atoms with Crippen LogP contribution in [0.3, 0.4) is 0 Å². The third-order valence-corrected chi connectivity index (χ3v) is 7.59. The molecule has 0 radical (unpaired) electrons. The molecule has 3 aromatic heterocycles. The molecular weight excluding hydrogens is 264 g/mol. The summed E-state index contributed by atoms with van der Waals surface area (Å²) in [6.45, 7) is 6.72. The van der Waals surface area contributed by atoms with Crippen LogP contribution in [0, 0.1) is 20.8 Å². The Bertz CT molecular complexity index is 752. The second kappa shape index (κ2) is 3.22. The Kier molecular flexibility index (Phi) is 1.95. The van der Waals surface area contributed by atoms with E-state index in [1.807, 2.05) is 34.0 Å². The maximum absolute atomic E-state index is 2.37. The Morgan fingerprint density at radius 1 is 0.941 bits per heavy atom. The summed E-state index contributed by atoms with van der Waals surface area (Å²) in [6, 6.07) is 2.37. The van der Waals surface area contributed by atoms with Crippen LogP contribution in [0.2, 0.25) is 0 Å². The smallest absolute Gasteiger partial charge is 0.0502 e. The topological polar surface area (TPSA) is 0 Å². The zero-order valence-electron chi connectivity index (χ0n) is 10.0. The number of thiophene rings is 3. The van der Waals surface area contributed by atoms with Crippen molar-refractivity contribution in [3.8, 4) is 9.75 Å². The van der Waals surface area contributed by atoms with Crippen LogP contribution in [0.25, 0.3) is 19.2 Å². The van der Waals surface area contributed by atoms with Crippen molar-refractivity contribution < 1.29 is 0 Å². The van der Waals surface area contributed by atoms with Crippen LogP contribution in [-0.2, 0) is 6.42 Å². The molecule has 0 spiro atoms. The van der Waals surface area contributed by atoms with E-state index in [0.29, 0.717) is 0 Å². The first kappa shape index (κ1) is 10.3. The van der Waals surface area contributed by atoms with Crippen LogP contribution in [0.1, 0.15) is 26.4 Å². The number of hydrogen-bond donors (Lipinski definition) is 0. The Morgan fingerprint density at radius 2 is 1.76 bits per heavy atom. The minimum Gasteiger partial charge on any atom is -0.139 e. The van der Waals surface area contributed by atoms with E-state index in [4.69, 9.17) is 0 Å². The second-order valence-electron chi connectivity index (χ2n) is 4.74. The molecule has 17 heavy (non-hydrogen) atoms.